The smallest absolute Gasteiger partial charge is 0.166 e. The minimum atomic E-state index is -3.30. The largest absolute Gasteiger partial charge is 0.227 e. The van der Waals surface area contributed by atoms with Gasteiger partial charge in [-0.1, -0.05) is 6.08 Å². The van der Waals surface area contributed by atoms with E-state index in [1.807, 2.05) is 6.07 Å². The van der Waals surface area contributed by atoms with Crippen molar-refractivity contribution in [3.8, 4) is 6.07 Å². The van der Waals surface area contributed by atoms with Crippen LogP contribution in [-0.4, -0.2) is 19.4 Å². The van der Waals surface area contributed by atoms with Crippen molar-refractivity contribution in [2.24, 2.45) is 0 Å². The van der Waals surface area contributed by atoms with Crippen molar-refractivity contribution in [3.05, 3.63) is 12.7 Å². The number of sulfone groups is 1. The van der Waals surface area contributed by atoms with Gasteiger partial charge in [-0.05, 0) is 19.8 Å². The lowest BCUT2D eigenvalue weighted by atomic mass is 10.1. The first-order valence-electron chi connectivity index (χ1n) is 3.59. The van der Waals surface area contributed by atoms with Crippen molar-refractivity contribution in [1.29, 1.82) is 5.26 Å². The molecule has 0 rings (SSSR count). The van der Waals surface area contributed by atoms with E-state index >= 15 is 0 Å². The maximum atomic E-state index is 11.1. The van der Waals surface area contributed by atoms with Gasteiger partial charge in [0.25, 0.3) is 0 Å². The molecule has 68 valence electrons. The van der Waals surface area contributed by atoms with Gasteiger partial charge in [-0.15, -0.1) is 6.58 Å². The molecule has 0 aromatic carbocycles. The van der Waals surface area contributed by atoms with Crippen LogP contribution < -0.4 is 0 Å². The SMILES string of the molecule is C=CCC[C@@](C)(C#N)S(C)(=O)=O. The monoisotopic (exact) mass is 187 g/mol. The molecule has 0 aliphatic heterocycles. The third kappa shape index (κ3) is 2.35. The molecule has 0 fully saturated rings. The lowest BCUT2D eigenvalue weighted by Gasteiger charge is -2.17. The Labute approximate surface area is 73.6 Å². The van der Waals surface area contributed by atoms with E-state index in [1.165, 1.54) is 6.92 Å². The van der Waals surface area contributed by atoms with E-state index in [1.54, 1.807) is 6.08 Å². The summed E-state index contributed by atoms with van der Waals surface area (Å²) in [6, 6.07) is 1.82. The fourth-order valence-electron chi connectivity index (χ4n) is 0.702. The van der Waals surface area contributed by atoms with Crippen molar-refractivity contribution >= 4 is 9.84 Å². The maximum absolute atomic E-state index is 11.1. The Balaban J connectivity index is 4.73. The van der Waals surface area contributed by atoms with Crippen LogP contribution in [0.3, 0.4) is 0 Å². The molecule has 0 amide bonds. The Morgan fingerprint density at radius 3 is 2.42 bits per heavy atom. The molecule has 12 heavy (non-hydrogen) atoms. The molecular formula is C8H13NO2S. The molecule has 0 saturated carbocycles. The Kier molecular flexibility index (Phi) is 3.47. The number of rotatable bonds is 4. The molecular weight excluding hydrogens is 174 g/mol. The molecule has 4 heteroatoms. The van der Waals surface area contributed by atoms with Crippen molar-refractivity contribution in [1.82, 2.24) is 0 Å². The maximum Gasteiger partial charge on any atom is 0.166 e. The van der Waals surface area contributed by atoms with Gasteiger partial charge in [0.05, 0.1) is 6.07 Å². The van der Waals surface area contributed by atoms with E-state index in [9.17, 15) is 8.42 Å². The minimum absolute atomic E-state index is 0.311. The Hall–Kier alpha value is -0.820. The van der Waals surface area contributed by atoms with Gasteiger partial charge in [0.2, 0.25) is 0 Å². The van der Waals surface area contributed by atoms with Crippen molar-refractivity contribution in [2.45, 2.75) is 24.5 Å². The summed E-state index contributed by atoms with van der Waals surface area (Å²) in [4.78, 5) is 0. The summed E-state index contributed by atoms with van der Waals surface area (Å²) in [7, 11) is -3.30. The Bertz CT molecular complexity index is 300. The van der Waals surface area contributed by atoms with Gasteiger partial charge in [-0.2, -0.15) is 5.26 Å². The summed E-state index contributed by atoms with van der Waals surface area (Å²) in [5.41, 5.74) is 0. The number of allylic oxidation sites excluding steroid dienone is 1. The topological polar surface area (TPSA) is 57.9 Å². The summed E-state index contributed by atoms with van der Waals surface area (Å²) in [5.74, 6) is 0. The van der Waals surface area contributed by atoms with Crippen LogP contribution >= 0.6 is 0 Å². The van der Waals surface area contributed by atoms with Crippen LogP contribution in [0.15, 0.2) is 12.7 Å². The molecule has 0 bridgehead atoms. The first-order valence-corrected chi connectivity index (χ1v) is 5.48. The van der Waals surface area contributed by atoms with Crippen LogP contribution in [0.5, 0.6) is 0 Å². The second-order valence-electron chi connectivity index (χ2n) is 2.94. The zero-order valence-corrected chi connectivity index (χ0v) is 8.19. The van der Waals surface area contributed by atoms with Gasteiger partial charge >= 0.3 is 0 Å². The van der Waals surface area contributed by atoms with Gasteiger partial charge in [-0.25, -0.2) is 8.42 Å². The summed E-state index contributed by atoms with van der Waals surface area (Å²) in [6.07, 6.45) is 3.54. The molecule has 0 heterocycles. The number of nitrogens with zero attached hydrogens (tertiary/aromatic N) is 1. The van der Waals surface area contributed by atoms with Gasteiger partial charge in [0.15, 0.2) is 14.6 Å². The van der Waals surface area contributed by atoms with Crippen molar-refractivity contribution < 1.29 is 8.42 Å². The Morgan fingerprint density at radius 1 is 1.67 bits per heavy atom. The minimum Gasteiger partial charge on any atom is -0.227 e. The molecule has 3 nitrogen and oxygen atoms in total. The molecule has 0 N–H and O–H groups in total. The standard InChI is InChI=1S/C8H13NO2S/c1-4-5-6-8(2,7-9)12(3,10)11/h4H,1,5-6H2,2-3H3/t8-/m0/s1. The number of hydrogen-bond acceptors (Lipinski definition) is 3. The first kappa shape index (κ1) is 11.2. The summed E-state index contributed by atoms with van der Waals surface area (Å²) >= 11 is 0. The second kappa shape index (κ2) is 3.72. The average molecular weight is 187 g/mol. The van der Waals surface area contributed by atoms with Crippen LogP contribution in [0.2, 0.25) is 0 Å². The zero-order valence-electron chi connectivity index (χ0n) is 7.37. The molecule has 0 aromatic rings. The van der Waals surface area contributed by atoms with E-state index in [0.717, 1.165) is 6.26 Å². The van der Waals surface area contributed by atoms with Crippen LogP contribution in [0, 0.1) is 11.3 Å². The predicted octanol–water partition coefficient (Wildman–Crippen LogP) is 1.28. The molecule has 0 aromatic heterocycles. The second-order valence-corrected chi connectivity index (χ2v) is 5.39. The van der Waals surface area contributed by atoms with E-state index in [0.29, 0.717) is 12.8 Å². The van der Waals surface area contributed by atoms with Crippen LogP contribution in [-0.2, 0) is 9.84 Å². The summed E-state index contributed by atoms with van der Waals surface area (Å²) in [6.45, 7) is 4.91. The first-order chi connectivity index (χ1) is 5.37. The van der Waals surface area contributed by atoms with Gasteiger partial charge in [0.1, 0.15) is 0 Å². The quantitative estimate of drug-likeness (QED) is 0.623. The van der Waals surface area contributed by atoms with Gasteiger partial charge < -0.3 is 0 Å². The fourth-order valence-corrected chi connectivity index (χ4v) is 1.36. The lowest BCUT2D eigenvalue weighted by Crippen LogP contribution is -2.32. The van der Waals surface area contributed by atoms with Gasteiger partial charge in [-0.3, -0.25) is 0 Å². The average Bonchev–Trinajstić information content (AvgIpc) is 1.98. The van der Waals surface area contributed by atoms with E-state index < -0.39 is 14.6 Å². The molecule has 0 unspecified atom stereocenters. The van der Waals surface area contributed by atoms with Crippen LogP contribution in [0.1, 0.15) is 19.8 Å². The van der Waals surface area contributed by atoms with Crippen molar-refractivity contribution in [3.63, 3.8) is 0 Å². The van der Waals surface area contributed by atoms with Crippen LogP contribution in [0.25, 0.3) is 0 Å². The highest BCUT2D eigenvalue weighted by atomic mass is 32.2. The molecule has 0 aliphatic rings. The number of hydrogen-bond donors (Lipinski definition) is 0. The predicted molar refractivity (Wildman–Crippen MR) is 48.3 cm³/mol. The van der Waals surface area contributed by atoms with E-state index in [-0.39, 0.29) is 0 Å². The zero-order chi connectivity index (χ0) is 9.83. The fraction of sp³-hybridized carbons (Fsp3) is 0.625. The highest BCUT2D eigenvalue weighted by molar-refractivity contribution is 7.92. The normalized spacial score (nSPS) is 16.1. The molecule has 0 aliphatic carbocycles. The van der Waals surface area contributed by atoms with E-state index in [2.05, 4.69) is 6.58 Å². The lowest BCUT2D eigenvalue weighted by molar-refractivity contribution is 0.560. The summed E-state index contributed by atoms with van der Waals surface area (Å²) in [5, 5.41) is 8.68. The molecule has 1 atom stereocenters. The van der Waals surface area contributed by atoms with Gasteiger partial charge in [0, 0.05) is 6.26 Å². The van der Waals surface area contributed by atoms with Crippen LogP contribution in [0.4, 0.5) is 0 Å². The Morgan fingerprint density at radius 2 is 2.17 bits per heavy atom. The van der Waals surface area contributed by atoms with Crippen molar-refractivity contribution in [2.75, 3.05) is 6.26 Å². The molecule has 0 spiro atoms. The highest BCUT2D eigenvalue weighted by Crippen LogP contribution is 2.21. The molecule has 0 saturated heterocycles. The van der Waals surface area contributed by atoms with E-state index in [4.69, 9.17) is 5.26 Å². The molecule has 0 radical (unpaired) electrons. The third-order valence-electron chi connectivity index (χ3n) is 1.88. The summed E-state index contributed by atoms with van der Waals surface area (Å²) < 4.78 is 21.0. The highest BCUT2D eigenvalue weighted by Gasteiger charge is 2.34. The number of nitriles is 1. The third-order valence-corrected chi connectivity index (χ3v) is 3.81.